The zero-order valence-corrected chi connectivity index (χ0v) is 17.3. The Kier molecular flexibility index (Phi) is 4.96. The maximum absolute atomic E-state index is 13.0. The predicted molar refractivity (Wildman–Crippen MR) is 110 cm³/mol. The van der Waals surface area contributed by atoms with Crippen LogP contribution in [0.1, 0.15) is 51.9 Å². The third kappa shape index (κ3) is 3.16. The van der Waals surface area contributed by atoms with Crippen molar-refractivity contribution in [1.82, 2.24) is 25.3 Å². The molecule has 2 N–H and O–H groups in total. The predicted octanol–water partition coefficient (Wildman–Crippen LogP) is 3.14. The van der Waals surface area contributed by atoms with Crippen LogP contribution < -0.4 is 10.1 Å². The Morgan fingerprint density at radius 3 is 3.10 bits per heavy atom. The molecule has 2 aliphatic rings. The lowest BCUT2D eigenvalue weighted by Gasteiger charge is -2.24. The third-order valence-corrected chi connectivity index (χ3v) is 6.15. The Hall–Kier alpha value is -2.84. The SMILES string of the molecule is COc1cccc(-n2ncc3c2COC[C@H]3NC(=O)c2n[nH]c3c2CCCC3)c1Cl. The van der Waals surface area contributed by atoms with Gasteiger partial charge in [0.05, 0.1) is 43.9 Å². The zero-order valence-electron chi connectivity index (χ0n) is 16.6. The number of carbonyl (C=O) groups excluding carboxylic acids is 1. The molecule has 3 heterocycles. The number of methoxy groups -OCH3 is 1. The van der Waals surface area contributed by atoms with E-state index in [2.05, 4.69) is 20.6 Å². The van der Waals surface area contributed by atoms with Crippen molar-refractivity contribution in [3.8, 4) is 11.4 Å². The van der Waals surface area contributed by atoms with E-state index in [1.807, 2.05) is 12.1 Å². The fourth-order valence-electron chi connectivity index (χ4n) is 4.23. The van der Waals surface area contributed by atoms with Crippen molar-refractivity contribution in [1.29, 1.82) is 0 Å². The molecule has 3 aromatic rings. The summed E-state index contributed by atoms with van der Waals surface area (Å²) in [5.74, 6) is 0.381. The van der Waals surface area contributed by atoms with Crippen LogP contribution in [0.15, 0.2) is 24.4 Å². The summed E-state index contributed by atoms with van der Waals surface area (Å²) in [6.45, 7) is 0.760. The molecular formula is C21H22ClN5O3. The maximum atomic E-state index is 13.0. The number of aromatic amines is 1. The minimum Gasteiger partial charge on any atom is -0.495 e. The molecule has 8 nitrogen and oxygen atoms in total. The fourth-order valence-corrected chi connectivity index (χ4v) is 4.51. The van der Waals surface area contributed by atoms with E-state index < -0.39 is 0 Å². The molecule has 0 unspecified atom stereocenters. The van der Waals surface area contributed by atoms with Crippen molar-refractivity contribution in [2.45, 2.75) is 38.3 Å². The van der Waals surface area contributed by atoms with Gasteiger partial charge < -0.3 is 14.8 Å². The van der Waals surface area contributed by atoms with Gasteiger partial charge in [0.25, 0.3) is 5.91 Å². The fraction of sp³-hybridized carbons (Fsp3) is 0.381. The summed E-state index contributed by atoms with van der Waals surface area (Å²) >= 11 is 6.49. The molecule has 0 saturated heterocycles. The Bertz CT molecular complexity index is 1110. The monoisotopic (exact) mass is 427 g/mol. The lowest BCUT2D eigenvalue weighted by molar-refractivity contribution is 0.0684. The van der Waals surface area contributed by atoms with Gasteiger partial charge in [-0.05, 0) is 37.8 Å². The minimum absolute atomic E-state index is 0.192. The first-order chi connectivity index (χ1) is 14.7. The topological polar surface area (TPSA) is 94.1 Å². The van der Waals surface area contributed by atoms with Gasteiger partial charge in [-0.3, -0.25) is 9.89 Å². The highest BCUT2D eigenvalue weighted by Crippen LogP contribution is 2.34. The zero-order chi connectivity index (χ0) is 20.7. The number of aryl methyl sites for hydroxylation is 1. The average Bonchev–Trinajstić information content (AvgIpc) is 3.39. The molecule has 1 amide bonds. The molecule has 1 atom stereocenters. The van der Waals surface area contributed by atoms with Crippen LogP contribution in [0.3, 0.4) is 0 Å². The van der Waals surface area contributed by atoms with Crippen molar-refractivity contribution in [2.24, 2.45) is 0 Å². The number of carbonyl (C=O) groups is 1. The molecule has 1 aliphatic heterocycles. The molecule has 30 heavy (non-hydrogen) atoms. The molecule has 0 saturated carbocycles. The highest BCUT2D eigenvalue weighted by Gasteiger charge is 2.30. The third-order valence-electron chi connectivity index (χ3n) is 5.77. The Balaban J connectivity index is 1.43. The van der Waals surface area contributed by atoms with E-state index in [-0.39, 0.29) is 11.9 Å². The Morgan fingerprint density at radius 2 is 2.23 bits per heavy atom. The van der Waals surface area contributed by atoms with Gasteiger partial charge in [-0.2, -0.15) is 10.2 Å². The number of H-pyrrole nitrogens is 1. The van der Waals surface area contributed by atoms with E-state index in [1.54, 1.807) is 24.1 Å². The summed E-state index contributed by atoms with van der Waals surface area (Å²) in [5.41, 5.74) is 5.07. The molecule has 0 fully saturated rings. The van der Waals surface area contributed by atoms with Crippen molar-refractivity contribution >= 4 is 17.5 Å². The van der Waals surface area contributed by atoms with Gasteiger partial charge in [-0.15, -0.1) is 0 Å². The normalized spacial score (nSPS) is 17.9. The first-order valence-electron chi connectivity index (χ1n) is 10.0. The van der Waals surface area contributed by atoms with Crippen LogP contribution in [0.4, 0.5) is 0 Å². The average molecular weight is 428 g/mol. The molecule has 1 aromatic carbocycles. The second-order valence-corrected chi connectivity index (χ2v) is 7.91. The van der Waals surface area contributed by atoms with Crippen LogP contribution in [-0.2, 0) is 24.2 Å². The number of ether oxygens (including phenoxy) is 2. The van der Waals surface area contributed by atoms with Gasteiger partial charge in [-0.1, -0.05) is 17.7 Å². The van der Waals surface area contributed by atoms with Gasteiger partial charge in [0.1, 0.15) is 10.8 Å². The number of amides is 1. The number of nitrogens with zero attached hydrogens (tertiary/aromatic N) is 3. The number of benzene rings is 1. The van der Waals surface area contributed by atoms with Crippen LogP contribution in [0.5, 0.6) is 5.75 Å². The van der Waals surface area contributed by atoms with E-state index in [0.717, 1.165) is 48.2 Å². The van der Waals surface area contributed by atoms with Gasteiger partial charge in [0.15, 0.2) is 5.69 Å². The Morgan fingerprint density at radius 1 is 1.37 bits per heavy atom. The minimum atomic E-state index is -0.310. The highest BCUT2D eigenvalue weighted by molar-refractivity contribution is 6.33. The summed E-state index contributed by atoms with van der Waals surface area (Å²) in [7, 11) is 1.58. The summed E-state index contributed by atoms with van der Waals surface area (Å²) < 4.78 is 12.8. The smallest absolute Gasteiger partial charge is 0.272 e. The van der Waals surface area contributed by atoms with Crippen molar-refractivity contribution in [3.63, 3.8) is 0 Å². The number of hydrogen-bond acceptors (Lipinski definition) is 5. The summed E-state index contributed by atoms with van der Waals surface area (Å²) in [4.78, 5) is 13.0. The second kappa shape index (κ2) is 7.77. The summed E-state index contributed by atoms with van der Waals surface area (Å²) in [6.07, 6.45) is 5.80. The number of fused-ring (bicyclic) bond motifs is 2. The molecule has 156 valence electrons. The number of rotatable bonds is 4. The molecule has 0 bridgehead atoms. The molecule has 5 rings (SSSR count). The van der Waals surface area contributed by atoms with E-state index in [1.165, 1.54) is 0 Å². The lowest BCUT2D eigenvalue weighted by Crippen LogP contribution is -2.35. The van der Waals surface area contributed by atoms with E-state index in [4.69, 9.17) is 21.1 Å². The largest absolute Gasteiger partial charge is 0.495 e. The molecule has 0 radical (unpaired) electrons. The highest BCUT2D eigenvalue weighted by atomic mass is 35.5. The molecule has 2 aromatic heterocycles. The quantitative estimate of drug-likeness (QED) is 0.667. The lowest BCUT2D eigenvalue weighted by atomic mass is 9.95. The standard InChI is InChI=1S/C21H22ClN5O3/c1-29-18-8-4-7-16(19(18)22)27-17-11-30-10-15(13(17)9-23-27)24-21(28)20-12-5-2-3-6-14(12)25-26-20/h4,7-9,15H,2-3,5-6,10-11H2,1H3,(H,24,28)(H,25,26)/t15-/m1/s1. The Labute approximate surface area is 178 Å². The van der Waals surface area contributed by atoms with Gasteiger partial charge in [-0.25, -0.2) is 4.68 Å². The van der Waals surface area contributed by atoms with E-state index in [0.29, 0.717) is 35.4 Å². The summed E-state index contributed by atoms with van der Waals surface area (Å²) in [5, 5.41) is 15.4. The first-order valence-corrected chi connectivity index (χ1v) is 10.4. The van der Waals surface area contributed by atoms with Crippen LogP contribution in [-0.4, -0.2) is 39.6 Å². The summed E-state index contributed by atoms with van der Waals surface area (Å²) in [6, 6.07) is 5.22. The number of aromatic nitrogens is 4. The first kappa shape index (κ1) is 19.1. The van der Waals surface area contributed by atoms with Gasteiger partial charge >= 0.3 is 0 Å². The molecular weight excluding hydrogens is 406 g/mol. The molecule has 1 aliphatic carbocycles. The van der Waals surface area contributed by atoms with Crippen molar-refractivity contribution in [2.75, 3.05) is 13.7 Å². The van der Waals surface area contributed by atoms with Crippen LogP contribution in [0.25, 0.3) is 5.69 Å². The van der Waals surface area contributed by atoms with Gasteiger partial charge in [0, 0.05) is 16.8 Å². The number of nitrogens with one attached hydrogen (secondary N) is 2. The van der Waals surface area contributed by atoms with E-state index >= 15 is 0 Å². The number of hydrogen-bond donors (Lipinski definition) is 2. The van der Waals surface area contributed by atoms with Crippen molar-refractivity contribution < 1.29 is 14.3 Å². The maximum Gasteiger partial charge on any atom is 0.272 e. The van der Waals surface area contributed by atoms with Crippen molar-refractivity contribution in [3.05, 3.63) is 57.6 Å². The van der Waals surface area contributed by atoms with Crippen LogP contribution >= 0.6 is 11.6 Å². The number of halogens is 1. The van der Waals surface area contributed by atoms with Gasteiger partial charge in [0.2, 0.25) is 0 Å². The second-order valence-electron chi connectivity index (χ2n) is 7.53. The van der Waals surface area contributed by atoms with E-state index in [9.17, 15) is 4.79 Å². The van der Waals surface area contributed by atoms with Crippen LogP contribution in [0, 0.1) is 0 Å². The molecule has 9 heteroatoms. The van der Waals surface area contributed by atoms with Crippen LogP contribution in [0.2, 0.25) is 5.02 Å². The molecule has 0 spiro atoms.